The van der Waals surface area contributed by atoms with E-state index in [4.69, 9.17) is 5.73 Å². The van der Waals surface area contributed by atoms with Crippen LogP contribution in [0.25, 0.3) is 0 Å². The number of aliphatic hydroxyl groups is 1. The highest BCUT2D eigenvalue weighted by Gasteiger charge is 2.06. The van der Waals surface area contributed by atoms with E-state index in [1.807, 2.05) is 19.1 Å². The van der Waals surface area contributed by atoms with E-state index in [9.17, 15) is 5.11 Å². The maximum atomic E-state index is 9.70. The summed E-state index contributed by atoms with van der Waals surface area (Å²) in [5.41, 5.74) is 8.09. The fourth-order valence-electron chi connectivity index (χ4n) is 1.21. The van der Waals surface area contributed by atoms with E-state index in [1.165, 1.54) is 0 Å². The van der Waals surface area contributed by atoms with Crippen molar-refractivity contribution < 1.29 is 5.11 Å². The van der Waals surface area contributed by atoms with Crippen LogP contribution in [0.3, 0.4) is 0 Å². The molecule has 0 amide bonds. The lowest BCUT2D eigenvalue weighted by Gasteiger charge is -2.10. The third-order valence-corrected chi connectivity index (χ3v) is 1.84. The van der Waals surface area contributed by atoms with E-state index in [0.717, 1.165) is 11.1 Å². The van der Waals surface area contributed by atoms with Crippen molar-refractivity contribution in [2.24, 2.45) is 0 Å². The number of benzene rings is 1. The smallest absolute Gasteiger partial charge is 0.0827 e. The third kappa shape index (κ3) is 2.92. The van der Waals surface area contributed by atoms with E-state index in [1.54, 1.807) is 12.1 Å². The normalized spacial score (nSPS) is 12.5. The summed E-state index contributed by atoms with van der Waals surface area (Å²) < 4.78 is 0. The predicted molar refractivity (Wildman–Crippen MR) is 55.2 cm³/mol. The number of aliphatic hydroxyl groups excluding tert-OH is 1. The van der Waals surface area contributed by atoms with Crippen LogP contribution >= 0.6 is 0 Å². The second-order valence-corrected chi connectivity index (χ2v) is 3.35. The maximum Gasteiger partial charge on any atom is 0.0827 e. The number of hydrogen-bond acceptors (Lipinski definition) is 2. The highest BCUT2D eigenvalue weighted by Crippen LogP contribution is 2.21. The van der Waals surface area contributed by atoms with E-state index < -0.39 is 6.10 Å². The summed E-state index contributed by atoms with van der Waals surface area (Å²) in [5.74, 6) is 0. The Morgan fingerprint density at radius 3 is 2.85 bits per heavy atom. The topological polar surface area (TPSA) is 46.2 Å². The molecule has 0 heterocycles. The minimum atomic E-state index is -0.485. The molecule has 2 heteroatoms. The van der Waals surface area contributed by atoms with Crippen LogP contribution in [-0.4, -0.2) is 5.11 Å². The van der Waals surface area contributed by atoms with Gasteiger partial charge in [0.15, 0.2) is 0 Å². The molecule has 1 unspecified atom stereocenters. The second kappa shape index (κ2) is 4.10. The zero-order chi connectivity index (χ0) is 9.84. The lowest BCUT2D eigenvalue weighted by Crippen LogP contribution is -1.98. The molecule has 2 nitrogen and oxygen atoms in total. The van der Waals surface area contributed by atoms with E-state index in [-0.39, 0.29) is 0 Å². The molecule has 0 aliphatic rings. The summed E-state index contributed by atoms with van der Waals surface area (Å²) in [6, 6.07) is 7.29. The number of anilines is 1. The van der Waals surface area contributed by atoms with Crippen molar-refractivity contribution in [2.75, 3.05) is 5.73 Å². The average Bonchev–Trinajstić information content (AvgIpc) is 2.03. The summed E-state index contributed by atoms with van der Waals surface area (Å²) in [7, 11) is 0. The predicted octanol–water partition coefficient (Wildman–Crippen LogP) is 2.27. The lowest BCUT2D eigenvalue weighted by atomic mass is 10.0. The molecular formula is C11H15NO. The quantitative estimate of drug-likeness (QED) is 0.549. The molecular weight excluding hydrogens is 162 g/mol. The van der Waals surface area contributed by atoms with Crippen LogP contribution in [0.2, 0.25) is 0 Å². The molecule has 0 fully saturated rings. The summed E-state index contributed by atoms with van der Waals surface area (Å²) in [6.45, 7) is 5.65. The number of nitrogen functional groups attached to an aromatic ring is 1. The fraction of sp³-hybridized carbons (Fsp3) is 0.273. The molecule has 0 radical (unpaired) electrons. The molecule has 1 rings (SSSR count). The zero-order valence-electron chi connectivity index (χ0n) is 7.83. The van der Waals surface area contributed by atoms with Gasteiger partial charge in [-0.15, -0.1) is 6.58 Å². The van der Waals surface area contributed by atoms with Crippen molar-refractivity contribution in [3.8, 4) is 0 Å². The molecule has 0 aliphatic carbocycles. The molecule has 1 atom stereocenters. The summed E-state index contributed by atoms with van der Waals surface area (Å²) in [4.78, 5) is 0. The number of hydrogen-bond donors (Lipinski definition) is 2. The van der Waals surface area contributed by atoms with Crippen molar-refractivity contribution in [1.82, 2.24) is 0 Å². The van der Waals surface area contributed by atoms with Crippen molar-refractivity contribution in [2.45, 2.75) is 19.4 Å². The molecule has 0 saturated heterocycles. The van der Waals surface area contributed by atoms with Gasteiger partial charge in [-0.2, -0.15) is 0 Å². The Bertz CT molecular complexity index is 307. The average molecular weight is 177 g/mol. The van der Waals surface area contributed by atoms with Gasteiger partial charge in [-0.25, -0.2) is 0 Å². The van der Waals surface area contributed by atoms with Crippen molar-refractivity contribution >= 4 is 5.69 Å². The van der Waals surface area contributed by atoms with Crippen molar-refractivity contribution in [3.63, 3.8) is 0 Å². The monoisotopic (exact) mass is 177 g/mol. The van der Waals surface area contributed by atoms with Crippen LogP contribution in [0.1, 0.15) is 25.0 Å². The van der Waals surface area contributed by atoms with Gasteiger partial charge < -0.3 is 10.8 Å². The minimum Gasteiger partial charge on any atom is -0.399 e. The summed E-state index contributed by atoms with van der Waals surface area (Å²) in [5, 5.41) is 9.70. The van der Waals surface area contributed by atoms with Crippen LogP contribution in [0.4, 0.5) is 5.69 Å². The van der Waals surface area contributed by atoms with Gasteiger partial charge >= 0.3 is 0 Å². The molecule has 1 aromatic rings. The molecule has 3 N–H and O–H groups in total. The van der Waals surface area contributed by atoms with Gasteiger partial charge in [-0.05, 0) is 31.0 Å². The Morgan fingerprint density at radius 1 is 1.62 bits per heavy atom. The van der Waals surface area contributed by atoms with Gasteiger partial charge in [0.05, 0.1) is 6.10 Å². The molecule has 0 aromatic heterocycles. The zero-order valence-corrected chi connectivity index (χ0v) is 7.83. The molecule has 0 aliphatic heterocycles. The van der Waals surface area contributed by atoms with Gasteiger partial charge in [-0.1, -0.05) is 17.7 Å². The first kappa shape index (κ1) is 9.81. The first-order valence-corrected chi connectivity index (χ1v) is 4.27. The first-order chi connectivity index (χ1) is 6.09. The maximum absolute atomic E-state index is 9.70. The highest BCUT2D eigenvalue weighted by atomic mass is 16.3. The SMILES string of the molecule is C=C(C)CC(O)c1cccc(N)c1. The van der Waals surface area contributed by atoms with Crippen LogP contribution in [0.5, 0.6) is 0 Å². The molecule has 0 spiro atoms. The first-order valence-electron chi connectivity index (χ1n) is 4.27. The molecule has 0 saturated carbocycles. The Hall–Kier alpha value is -1.28. The van der Waals surface area contributed by atoms with Crippen LogP contribution in [-0.2, 0) is 0 Å². The minimum absolute atomic E-state index is 0.485. The Balaban J connectivity index is 2.76. The standard InChI is InChI=1S/C11H15NO/c1-8(2)6-11(13)9-4-3-5-10(12)7-9/h3-5,7,11,13H,1,6,12H2,2H3. The van der Waals surface area contributed by atoms with Crippen molar-refractivity contribution in [3.05, 3.63) is 42.0 Å². The van der Waals surface area contributed by atoms with Crippen LogP contribution in [0.15, 0.2) is 36.4 Å². The highest BCUT2D eigenvalue weighted by molar-refractivity contribution is 5.41. The van der Waals surface area contributed by atoms with Gasteiger partial charge in [0.2, 0.25) is 0 Å². The van der Waals surface area contributed by atoms with Crippen LogP contribution < -0.4 is 5.73 Å². The lowest BCUT2D eigenvalue weighted by molar-refractivity contribution is 0.178. The van der Waals surface area contributed by atoms with E-state index in [2.05, 4.69) is 6.58 Å². The van der Waals surface area contributed by atoms with Gasteiger partial charge in [-0.3, -0.25) is 0 Å². The largest absolute Gasteiger partial charge is 0.399 e. The van der Waals surface area contributed by atoms with Crippen molar-refractivity contribution in [1.29, 1.82) is 0 Å². The number of nitrogens with two attached hydrogens (primary N) is 1. The molecule has 1 aromatic carbocycles. The molecule has 13 heavy (non-hydrogen) atoms. The summed E-state index contributed by atoms with van der Waals surface area (Å²) in [6.07, 6.45) is 0.102. The van der Waals surface area contributed by atoms with Gasteiger partial charge in [0.1, 0.15) is 0 Å². The second-order valence-electron chi connectivity index (χ2n) is 3.35. The van der Waals surface area contributed by atoms with Gasteiger partial charge in [0.25, 0.3) is 0 Å². The number of rotatable bonds is 3. The Morgan fingerprint density at radius 2 is 2.31 bits per heavy atom. The summed E-state index contributed by atoms with van der Waals surface area (Å²) >= 11 is 0. The molecule has 0 bridgehead atoms. The Labute approximate surface area is 78.7 Å². The van der Waals surface area contributed by atoms with E-state index >= 15 is 0 Å². The van der Waals surface area contributed by atoms with Gasteiger partial charge in [0, 0.05) is 5.69 Å². The Kier molecular flexibility index (Phi) is 3.09. The third-order valence-electron chi connectivity index (χ3n) is 1.84. The fourth-order valence-corrected chi connectivity index (χ4v) is 1.21. The molecule has 70 valence electrons. The van der Waals surface area contributed by atoms with E-state index in [0.29, 0.717) is 12.1 Å². The van der Waals surface area contributed by atoms with Crippen LogP contribution in [0, 0.1) is 0 Å².